The Kier molecular flexibility index (Phi) is 5.77. The molecule has 0 saturated heterocycles. The lowest BCUT2D eigenvalue weighted by molar-refractivity contribution is -0.128. The molecule has 0 spiro atoms. The van der Waals surface area contributed by atoms with Crippen molar-refractivity contribution in [3.8, 4) is 5.75 Å². The van der Waals surface area contributed by atoms with Gasteiger partial charge in [0.15, 0.2) is 0 Å². The zero-order valence-electron chi connectivity index (χ0n) is 12.1. The van der Waals surface area contributed by atoms with E-state index in [4.69, 9.17) is 4.74 Å². The van der Waals surface area contributed by atoms with Crippen molar-refractivity contribution >= 4 is 11.8 Å². The van der Waals surface area contributed by atoms with Crippen LogP contribution in [-0.4, -0.2) is 44.0 Å². The summed E-state index contributed by atoms with van der Waals surface area (Å²) in [4.78, 5) is 25.3. The van der Waals surface area contributed by atoms with Gasteiger partial charge in [-0.1, -0.05) is 24.3 Å². The number of rotatable bonds is 6. The molecule has 0 aliphatic heterocycles. The lowest BCUT2D eigenvalue weighted by atomic mass is 10.2. The highest BCUT2D eigenvalue weighted by molar-refractivity contribution is 5.98. The van der Waals surface area contributed by atoms with Crippen molar-refractivity contribution in [1.82, 2.24) is 10.2 Å². The van der Waals surface area contributed by atoms with Crippen LogP contribution < -0.4 is 10.1 Å². The van der Waals surface area contributed by atoms with Crippen LogP contribution in [0.2, 0.25) is 0 Å². The van der Waals surface area contributed by atoms with Gasteiger partial charge in [0, 0.05) is 13.6 Å². The van der Waals surface area contributed by atoms with E-state index in [9.17, 15) is 9.59 Å². The van der Waals surface area contributed by atoms with E-state index in [0.717, 1.165) is 5.57 Å². The molecule has 0 unspecified atom stereocenters. The highest BCUT2D eigenvalue weighted by atomic mass is 16.5. The molecule has 5 nitrogen and oxygen atoms in total. The topological polar surface area (TPSA) is 58.6 Å². The number of para-hydroxylation sites is 1. The predicted octanol–water partition coefficient (Wildman–Crippen LogP) is 1.46. The molecule has 2 amide bonds. The third kappa shape index (κ3) is 4.42. The summed E-state index contributed by atoms with van der Waals surface area (Å²) in [7, 11) is 3.17. The number of amides is 2. The smallest absolute Gasteiger partial charge is 0.255 e. The summed E-state index contributed by atoms with van der Waals surface area (Å²) in [5.74, 6) is -0.0245. The number of nitrogens with zero attached hydrogens (tertiary/aromatic N) is 1. The summed E-state index contributed by atoms with van der Waals surface area (Å²) >= 11 is 0. The fourth-order valence-corrected chi connectivity index (χ4v) is 1.71. The summed E-state index contributed by atoms with van der Waals surface area (Å²) in [6, 6.07) is 6.87. The number of hydrogen-bond donors (Lipinski definition) is 1. The standard InChI is InChI=1S/C15H20N2O3/c1-11(2)10-17(3)14(18)9-16-15(19)12-7-5-6-8-13(12)20-4/h5-8H,1,9-10H2,2-4H3,(H,16,19). The third-order valence-electron chi connectivity index (χ3n) is 2.68. The third-order valence-corrected chi connectivity index (χ3v) is 2.68. The maximum absolute atomic E-state index is 12.0. The molecule has 1 rings (SSSR count). The van der Waals surface area contributed by atoms with Crippen LogP contribution in [0.15, 0.2) is 36.4 Å². The molecule has 1 aromatic carbocycles. The van der Waals surface area contributed by atoms with Gasteiger partial charge in [-0.3, -0.25) is 9.59 Å². The van der Waals surface area contributed by atoms with E-state index in [1.54, 1.807) is 31.3 Å². The number of benzene rings is 1. The van der Waals surface area contributed by atoms with Gasteiger partial charge in [0.05, 0.1) is 19.2 Å². The van der Waals surface area contributed by atoms with Gasteiger partial charge in [-0.2, -0.15) is 0 Å². The molecule has 0 aliphatic carbocycles. The molecule has 20 heavy (non-hydrogen) atoms. The minimum absolute atomic E-state index is 0.0549. The quantitative estimate of drug-likeness (QED) is 0.800. The van der Waals surface area contributed by atoms with Crippen molar-refractivity contribution in [3.05, 3.63) is 42.0 Å². The molecule has 0 fully saturated rings. The Labute approximate surface area is 119 Å². The number of carbonyl (C=O) groups excluding carboxylic acids is 2. The number of ether oxygens (including phenoxy) is 1. The summed E-state index contributed by atoms with van der Waals surface area (Å²) in [6.07, 6.45) is 0. The van der Waals surface area contributed by atoms with Crippen LogP contribution >= 0.6 is 0 Å². The van der Waals surface area contributed by atoms with Gasteiger partial charge in [-0.05, 0) is 19.1 Å². The fraction of sp³-hybridized carbons (Fsp3) is 0.333. The highest BCUT2D eigenvalue weighted by Gasteiger charge is 2.14. The van der Waals surface area contributed by atoms with Crippen LogP contribution in [0.25, 0.3) is 0 Å². The molecule has 1 N–H and O–H groups in total. The summed E-state index contributed by atoms with van der Waals surface area (Å²) in [5.41, 5.74) is 1.29. The Balaban J connectivity index is 2.59. The minimum atomic E-state index is -0.334. The van der Waals surface area contributed by atoms with Gasteiger partial charge >= 0.3 is 0 Å². The maximum Gasteiger partial charge on any atom is 0.255 e. The van der Waals surface area contributed by atoms with Crippen LogP contribution in [0.1, 0.15) is 17.3 Å². The maximum atomic E-state index is 12.0. The Morgan fingerprint density at radius 3 is 2.60 bits per heavy atom. The normalized spacial score (nSPS) is 9.75. The van der Waals surface area contributed by atoms with Gasteiger partial charge in [0.25, 0.3) is 5.91 Å². The van der Waals surface area contributed by atoms with E-state index < -0.39 is 0 Å². The Hall–Kier alpha value is -2.30. The van der Waals surface area contributed by atoms with E-state index in [0.29, 0.717) is 17.9 Å². The zero-order valence-corrected chi connectivity index (χ0v) is 12.1. The number of hydrogen-bond acceptors (Lipinski definition) is 3. The van der Waals surface area contributed by atoms with Gasteiger partial charge in [-0.15, -0.1) is 0 Å². The molecule has 0 saturated carbocycles. The second-order valence-electron chi connectivity index (χ2n) is 4.59. The van der Waals surface area contributed by atoms with Crippen molar-refractivity contribution in [3.63, 3.8) is 0 Å². The number of likely N-dealkylation sites (N-methyl/N-ethyl adjacent to an activating group) is 1. The number of nitrogens with one attached hydrogen (secondary N) is 1. The Morgan fingerprint density at radius 1 is 1.35 bits per heavy atom. The molecule has 0 heterocycles. The highest BCUT2D eigenvalue weighted by Crippen LogP contribution is 2.16. The van der Waals surface area contributed by atoms with Crippen molar-refractivity contribution in [2.24, 2.45) is 0 Å². The SMILES string of the molecule is C=C(C)CN(C)C(=O)CNC(=O)c1ccccc1OC. The monoisotopic (exact) mass is 276 g/mol. The fourth-order valence-electron chi connectivity index (χ4n) is 1.71. The van der Waals surface area contributed by atoms with Gasteiger partial charge in [-0.25, -0.2) is 0 Å². The van der Waals surface area contributed by atoms with E-state index in [2.05, 4.69) is 11.9 Å². The number of methoxy groups -OCH3 is 1. The van der Waals surface area contributed by atoms with E-state index >= 15 is 0 Å². The molecule has 0 aliphatic rings. The van der Waals surface area contributed by atoms with Crippen molar-refractivity contribution < 1.29 is 14.3 Å². The van der Waals surface area contributed by atoms with Gasteiger partial charge < -0.3 is 15.0 Å². The molecule has 108 valence electrons. The summed E-state index contributed by atoms with van der Waals surface area (Å²) in [6.45, 7) is 6.01. The van der Waals surface area contributed by atoms with Crippen molar-refractivity contribution in [2.45, 2.75) is 6.92 Å². The molecule has 0 atom stereocenters. The van der Waals surface area contributed by atoms with E-state index in [1.165, 1.54) is 12.0 Å². The average Bonchev–Trinajstić information content (AvgIpc) is 2.43. The van der Waals surface area contributed by atoms with Gasteiger partial charge in [0.2, 0.25) is 5.91 Å². The predicted molar refractivity (Wildman–Crippen MR) is 77.8 cm³/mol. The minimum Gasteiger partial charge on any atom is -0.496 e. The second kappa shape index (κ2) is 7.33. The first-order valence-electron chi connectivity index (χ1n) is 6.25. The summed E-state index contributed by atoms with van der Waals surface area (Å²) in [5, 5.41) is 2.59. The van der Waals surface area contributed by atoms with E-state index in [-0.39, 0.29) is 18.4 Å². The largest absolute Gasteiger partial charge is 0.496 e. The average molecular weight is 276 g/mol. The van der Waals surface area contributed by atoms with Crippen LogP contribution in [0.5, 0.6) is 5.75 Å². The molecule has 5 heteroatoms. The molecule has 0 bridgehead atoms. The van der Waals surface area contributed by atoms with Crippen molar-refractivity contribution in [1.29, 1.82) is 0 Å². The molecular weight excluding hydrogens is 256 g/mol. The molecule has 0 radical (unpaired) electrons. The Morgan fingerprint density at radius 2 is 2.00 bits per heavy atom. The Bertz CT molecular complexity index is 512. The number of carbonyl (C=O) groups is 2. The van der Waals surface area contributed by atoms with Gasteiger partial charge in [0.1, 0.15) is 5.75 Å². The van der Waals surface area contributed by atoms with Crippen LogP contribution in [0, 0.1) is 0 Å². The summed E-state index contributed by atoms with van der Waals surface area (Å²) < 4.78 is 5.11. The van der Waals surface area contributed by atoms with Crippen LogP contribution in [0.3, 0.4) is 0 Å². The first-order chi connectivity index (χ1) is 9.45. The van der Waals surface area contributed by atoms with Crippen LogP contribution in [0.4, 0.5) is 0 Å². The molecule has 1 aromatic rings. The first-order valence-corrected chi connectivity index (χ1v) is 6.25. The first kappa shape index (κ1) is 15.8. The molecular formula is C15H20N2O3. The molecule has 0 aromatic heterocycles. The zero-order chi connectivity index (χ0) is 15.1. The van der Waals surface area contributed by atoms with E-state index in [1.807, 2.05) is 6.92 Å². The van der Waals surface area contributed by atoms with Crippen molar-refractivity contribution in [2.75, 3.05) is 27.2 Å². The van der Waals surface area contributed by atoms with Crippen LogP contribution in [-0.2, 0) is 4.79 Å². The lowest BCUT2D eigenvalue weighted by Crippen LogP contribution is -2.38. The lowest BCUT2D eigenvalue weighted by Gasteiger charge is -2.17. The second-order valence-corrected chi connectivity index (χ2v) is 4.59.